The van der Waals surface area contributed by atoms with Crippen LogP contribution in [0.5, 0.6) is 5.75 Å². The van der Waals surface area contributed by atoms with E-state index >= 15 is 0 Å². The van der Waals surface area contributed by atoms with Crippen LogP contribution in [0.15, 0.2) is 29.2 Å². The van der Waals surface area contributed by atoms with Crippen LogP contribution in [0.3, 0.4) is 0 Å². The first-order chi connectivity index (χ1) is 7.61. The molecule has 0 atom stereocenters. The molecule has 0 fully saturated rings. The van der Waals surface area contributed by atoms with Gasteiger partial charge in [0.2, 0.25) is 5.12 Å². The summed E-state index contributed by atoms with van der Waals surface area (Å²) in [5.41, 5.74) is 5.17. The summed E-state index contributed by atoms with van der Waals surface area (Å²) in [6, 6.07) is 6.56. The zero-order valence-electron chi connectivity index (χ0n) is 10.3. The fourth-order valence-corrected chi connectivity index (χ4v) is 1.54. The predicted molar refractivity (Wildman–Crippen MR) is 66.7 cm³/mol. The van der Waals surface area contributed by atoms with Gasteiger partial charge in [0.25, 0.3) is 0 Å². The van der Waals surface area contributed by atoms with Crippen molar-refractivity contribution in [3.05, 3.63) is 24.3 Å². The van der Waals surface area contributed by atoms with Crippen LogP contribution in [0.4, 0.5) is 0 Å². The Morgan fingerprint density at radius 1 is 1.20 bits per heavy atom. The SMILES string of the molecule is Cl.NCC(=O)Sc1ccc(OCC(=O)O)cc1.[Cl-].[Cl-].[Zn+2]. The second-order valence-electron chi connectivity index (χ2n) is 2.83. The molecule has 0 aromatic heterocycles. The maximum Gasteiger partial charge on any atom is 2.00 e. The van der Waals surface area contributed by atoms with Crippen LogP contribution < -0.4 is 35.3 Å². The van der Waals surface area contributed by atoms with Crippen molar-refractivity contribution in [1.29, 1.82) is 0 Å². The third-order valence-electron chi connectivity index (χ3n) is 1.58. The molecule has 5 nitrogen and oxygen atoms in total. The molecule has 0 saturated heterocycles. The topological polar surface area (TPSA) is 89.6 Å². The quantitative estimate of drug-likeness (QED) is 0.372. The van der Waals surface area contributed by atoms with Gasteiger partial charge in [0.05, 0.1) is 6.54 Å². The Morgan fingerprint density at radius 3 is 2.10 bits per heavy atom. The fraction of sp³-hybridized carbons (Fsp3) is 0.200. The Hall–Kier alpha value is -0.0366. The van der Waals surface area contributed by atoms with Gasteiger partial charge in [0, 0.05) is 4.90 Å². The number of carbonyl (C=O) groups excluding carboxylic acids is 1. The number of thioether (sulfide) groups is 1. The molecule has 1 aromatic rings. The standard InChI is InChI=1S/C10H11NO4S.3ClH.Zn/c11-5-10(14)16-8-3-1-7(2-4-8)15-6-9(12)13;;;;/h1-4H,5-6,11H2,(H,12,13);3*1H;/q;;;;+2/p-2. The minimum atomic E-state index is -1.03. The first-order valence-corrected chi connectivity index (χ1v) is 5.29. The van der Waals surface area contributed by atoms with Crippen LogP contribution in [-0.4, -0.2) is 29.3 Å². The first-order valence-electron chi connectivity index (χ1n) is 4.47. The molecule has 0 saturated carbocycles. The van der Waals surface area contributed by atoms with Gasteiger partial charge >= 0.3 is 25.4 Å². The summed E-state index contributed by atoms with van der Waals surface area (Å²) in [4.78, 5) is 22.0. The van der Waals surface area contributed by atoms with Crippen LogP contribution in [0.2, 0.25) is 0 Å². The molecule has 0 heterocycles. The average molecular weight is 414 g/mol. The first kappa shape index (κ1) is 28.2. The summed E-state index contributed by atoms with van der Waals surface area (Å²) in [6.45, 7) is -0.393. The van der Waals surface area contributed by atoms with Gasteiger partial charge in [-0.1, -0.05) is 11.8 Å². The van der Waals surface area contributed by atoms with Crippen LogP contribution in [0, 0.1) is 0 Å². The van der Waals surface area contributed by atoms with Crippen molar-refractivity contribution in [3.8, 4) is 5.75 Å². The summed E-state index contributed by atoms with van der Waals surface area (Å²) >= 11 is 1.04. The van der Waals surface area contributed by atoms with E-state index in [0.717, 1.165) is 16.7 Å². The van der Waals surface area contributed by atoms with Gasteiger partial charge in [0.15, 0.2) is 6.61 Å². The van der Waals surface area contributed by atoms with E-state index in [-0.39, 0.29) is 75.0 Å². The Bertz CT molecular complexity index is 395. The average Bonchev–Trinajstić information content (AvgIpc) is 2.28. The van der Waals surface area contributed by atoms with Gasteiger partial charge in [-0.2, -0.15) is 0 Å². The summed E-state index contributed by atoms with van der Waals surface area (Å²) < 4.78 is 4.94. The van der Waals surface area contributed by atoms with Crippen molar-refractivity contribution in [2.45, 2.75) is 4.90 Å². The number of benzene rings is 1. The van der Waals surface area contributed by atoms with Crippen molar-refractivity contribution >= 4 is 35.3 Å². The van der Waals surface area contributed by atoms with Crippen LogP contribution in [-0.2, 0) is 29.1 Å². The molecule has 1 aromatic carbocycles. The third kappa shape index (κ3) is 11.8. The van der Waals surface area contributed by atoms with Crippen molar-refractivity contribution in [1.82, 2.24) is 0 Å². The molecule has 10 heteroatoms. The zero-order valence-corrected chi connectivity index (χ0v) is 16.4. The normalized spacial score (nSPS) is 7.85. The number of carboxylic acids is 1. The molecule has 0 bridgehead atoms. The molecular formula is C10H12Cl3NO4SZn. The summed E-state index contributed by atoms with van der Waals surface area (Å²) in [5.74, 6) is -0.580. The second-order valence-corrected chi connectivity index (χ2v) is 3.96. The van der Waals surface area contributed by atoms with Gasteiger partial charge < -0.3 is 40.4 Å². The smallest absolute Gasteiger partial charge is 1.00 e. The largest absolute Gasteiger partial charge is 2.00 e. The second kappa shape index (κ2) is 15.4. The van der Waals surface area contributed by atoms with E-state index in [1.807, 2.05) is 0 Å². The van der Waals surface area contributed by atoms with Crippen molar-refractivity contribution in [3.63, 3.8) is 0 Å². The summed E-state index contributed by atoms with van der Waals surface area (Å²) in [7, 11) is 0. The minimum Gasteiger partial charge on any atom is -1.00 e. The van der Waals surface area contributed by atoms with Crippen molar-refractivity contribution in [2.75, 3.05) is 13.2 Å². The molecule has 110 valence electrons. The number of hydrogen-bond acceptors (Lipinski definition) is 5. The Labute approximate surface area is 152 Å². The molecule has 1 rings (SSSR count). The number of aliphatic carboxylic acids is 1. The number of nitrogens with two attached hydrogens (primary N) is 1. The van der Waals surface area contributed by atoms with Crippen LogP contribution in [0.1, 0.15) is 0 Å². The molecule has 0 unspecified atom stereocenters. The Morgan fingerprint density at radius 2 is 1.70 bits per heavy atom. The molecule has 0 aliphatic heterocycles. The van der Waals surface area contributed by atoms with Gasteiger partial charge in [0.1, 0.15) is 5.75 Å². The summed E-state index contributed by atoms with van der Waals surface area (Å²) in [6.07, 6.45) is 0. The van der Waals surface area contributed by atoms with Crippen LogP contribution >= 0.6 is 24.2 Å². The summed E-state index contributed by atoms with van der Waals surface area (Å²) in [5, 5.41) is 8.27. The maximum atomic E-state index is 11.0. The number of carbonyl (C=O) groups is 2. The number of halogens is 3. The van der Waals surface area contributed by atoms with Crippen molar-refractivity contribution < 1.29 is 63.7 Å². The van der Waals surface area contributed by atoms with E-state index in [1.165, 1.54) is 0 Å². The fourth-order valence-electron chi connectivity index (χ4n) is 0.922. The minimum absolute atomic E-state index is 0. The number of carboxylic acid groups (broad SMARTS) is 1. The van der Waals surface area contributed by atoms with Crippen LogP contribution in [0.25, 0.3) is 0 Å². The molecule has 3 N–H and O–H groups in total. The van der Waals surface area contributed by atoms with Gasteiger partial charge in [-0.3, -0.25) is 4.79 Å². The molecule has 20 heavy (non-hydrogen) atoms. The van der Waals surface area contributed by atoms with Gasteiger partial charge in [-0.15, -0.1) is 12.4 Å². The molecule has 0 aliphatic carbocycles. The van der Waals surface area contributed by atoms with Gasteiger partial charge in [-0.05, 0) is 24.3 Å². The molecule has 0 spiro atoms. The zero-order chi connectivity index (χ0) is 12.0. The molecule has 0 amide bonds. The molecule has 0 aliphatic rings. The number of hydrogen-bond donors (Lipinski definition) is 2. The van der Waals surface area contributed by atoms with E-state index in [1.54, 1.807) is 24.3 Å². The van der Waals surface area contributed by atoms with E-state index < -0.39 is 5.97 Å². The Kier molecular flexibility index (Phi) is 21.6. The number of ether oxygens (including phenoxy) is 1. The maximum absolute atomic E-state index is 11.0. The van der Waals surface area contributed by atoms with E-state index in [0.29, 0.717) is 5.75 Å². The molecular weight excluding hydrogens is 402 g/mol. The predicted octanol–water partition coefficient (Wildman–Crippen LogP) is -4.85. The van der Waals surface area contributed by atoms with E-state index in [4.69, 9.17) is 15.6 Å². The van der Waals surface area contributed by atoms with E-state index in [9.17, 15) is 9.59 Å². The van der Waals surface area contributed by atoms with Crippen molar-refractivity contribution in [2.24, 2.45) is 5.73 Å². The van der Waals surface area contributed by atoms with Gasteiger partial charge in [-0.25, -0.2) is 4.79 Å². The molecule has 0 radical (unpaired) electrons. The number of rotatable bonds is 5. The monoisotopic (exact) mass is 411 g/mol. The van der Waals surface area contributed by atoms with E-state index in [2.05, 4.69) is 0 Å². The Balaban J connectivity index is -0.000000320. The third-order valence-corrected chi connectivity index (χ3v) is 2.49.